The van der Waals surface area contributed by atoms with Crippen molar-refractivity contribution in [1.29, 1.82) is 5.26 Å². The number of nitriles is 1. The topological polar surface area (TPSA) is 117 Å². The van der Waals surface area contributed by atoms with Crippen LogP contribution >= 0.6 is 11.3 Å². The van der Waals surface area contributed by atoms with Crippen molar-refractivity contribution in [2.75, 3.05) is 11.1 Å². The van der Waals surface area contributed by atoms with Gasteiger partial charge >= 0.3 is 0 Å². The summed E-state index contributed by atoms with van der Waals surface area (Å²) in [6.45, 7) is 3.22. The molecule has 2 aromatic heterocycles. The highest BCUT2D eigenvalue weighted by Crippen LogP contribution is 2.23. The second-order valence-electron chi connectivity index (χ2n) is 7.46. The normalized spacial score (nSPS) is 10.5. The van der Waals surface area contributed by atoms with E-state index >= 15 is 0 Å². The second-order valence-corrected chi connectivity index (χ2v) is 8.40. The molecule has 0 spiro atoms. The average Bonchev–Trinajstić information content (AvgIpc) is 3.25. The summed E-state index contributed by atoms with van der Waals surface area (Å²) < 4.78 is 0. The van der Waals surface area contributed by atoms with E-state index in [-0.39, 0.29) is 5.91 Å². The van der Waals surface area contributed by atoms with E-state index in [0.29, 0.717) is 41.3 Å². The van der Waals surface area contributed by atoms with Crippen molar-refractivity contribution in [3.05, 3.63) is 93.6 Å². The fourth-order valence-corrected chi connectivity index (χ4v) is 4.04. The van der Waals surface area contributed by atoms with Crippen LogP contribution in [0.15, 0.2) is 66.2 Å². The van der Waals surface area contributed by atoms with Crippen LogP contribution in [-0.4, -0.2) is 15.9 Å². The Kier molecular flexibility index (Phi) is 6.74. The number of nitrogen functional groups attached to an aromatic ring is 1. The zero-order valence-electron chi connectivity index (χ0n) is 18.0. The van der Waals surface area contributed by atoms with Gasteiger partial charge < -0.3 is 16.4 Å². The lowest BCUT2D eigenvalue weighted by Crippen LogP contribution is -2.13. The van der Waals surface area contributed by atoms with Gasteiger partial charge in [-0.2, -0.15) is 5.26 Å². The molecule has 4 aromatic rings. The second kappa shape index (κ2) is 10.0. The molecule has 164 valence electrons. The molecule has 7 nitrogen and oxygen atoms in total. The van der Waals surface area contributed by atoms with Crippen LogP contribution in [0.4, 0.5) is 11.4 Å². The largest absolute Gasteiger partial charge is 0.397 e. The number of para-hydroxylation sites is 2. The van der Waals surface area contributed by atoms with Crippen molar-refractivity contribution in [2.24, 2.45) is 0 Å². The number of nitrogens with one attached hydrogen (secondary N) is 2. The summed E-state index contributed by atoms with van der Waals surface area (Å²) in [7, 11) is 0. The van der Waals surface area contributed by atoms with Gasteiger partial charge in [0.25, 0.3) is 5.91 Å². The van der Waals surface area contributed by atoms with E-state index in [1.807, 2.05) is 30.5 Å². The van der Waals surface area contributed by atoms with E-state index in [0.717, 1.165) is 21.8 Å². The monoisotopic (exact) mass is 454 g/mol. The molecule has 0 saturated carbocycles. The van der Waals surface area contributed by atoms with Gasteiger partial charge in [0.15, 0.2) is 0 Å². The maximum Gasteiger partial charge on any atom is 0.255 e. The van der Waals surface area contributed by atoms with Gasteiger partial charge in [0, 0.05) is 41.5 Å². The number of nitrogens with two attached hydrogens (primary N) is 1. The fraction of sp³-hybridized carbons (Fsp3) is 0.120. The molecule has 4 rings (SSSR count). The predicted molar refractivity (Wildman–Crippen MR) is 131 cm³/mol. The van der Waals surface area contributed by atoms with E-state index in [9.17, 15) is 10.1 Å². The van der Waals surface area contributed by atoms with Crippen molar-refractivity contribution >= 4 is 28.6 Å². The number of hydrogen-bond acceptors (Lipinski definition) is 7. The first-order valence-electron chi connectivity index (χ1n) is 10.3. The Morgan fingerprint density at radius 3 is 2.64 bits per heavy atom. The van der Waals surface area contributed by atoms with Crippen molar-refractivity contribution in [1.82, 2.24) is 15.3 Å². The van der Waals surface area contributed by atoms with Gasteiger partial charge in [-0.3, -0.25) is 9.78 Å². The van der Waals surface area contributed by atoms with Crippen LogP contribution in [0, 0.1) is 18.3 Å². The zero-order valence-corrected chi connectivity index (χ0v) is 18.8. The minimum absolute atomic E-state index is 0.259. The Balaban J connectivity index is 1.44. The fourth-order valence-electron chi connectivity index (χ4n) is 3.30. The Morgan fingerprint density at radius 1 is 1.15 bits per heavy atom. The van der Waals surface area contributed by atoms with E-state index in [2.05, 4.69) is 26.7 Å². The van der Waals surface area contributed by atoms with Gasteiger partial charge in [-0.1, -0.05) is 24.3 Å². The van der Waals surface area contributed by atoms with Crippen LogP contribution in [0.5, 0.6) is 0 Å². The molecule has 1 amide bonds. The number of nitrogens with zero attached hydrogens (tertiary/aromatic N) is 3. The first-order chi connectivity index (χ1) is 16.0. The van der Waals surface area contributed by atoms with Crippen LogP contribution in [0.3, 0.4) is 0 Å². The number of carbonyl (C=O) groups is 1. The summed E-state index contributed by atoms with van der Waals surface area (Å²) in [6.07, 6.45) is 1.76. The Morgan fingerprint density at radius 2 is 1.94 bits per heavy atom. The third-order valence-corrected chi connectivity index (χ3v) is 5.93. The van der Waals surface area contributed by atoms with Gasteiger partial charge in [-0.25, -0.2) is 4.98 Å². The predicted octanol–water partition coefficient (Wildman–Crippen LogP) is 4.51. The highest BCUT2D eigenvalue weighted by Gasteiger charge is 2.11. The number of pyridine rings is 1. The number of rotatable bonds is 7. The smallest absolute Gasteiger partial charge is 0.255 e. The molecule has 8 heteroatoms. The summed E-state index contributed by atoms with van der Waals surface area (Å²) in [5.41, 5.74) is 11.2. The summed E-state index contributed by atoms with van der Waals surface area (Å²) in [6, 6.07) is 18.1. The van der Waals surface area contributed by atoms with Crippen LogP contribution < -0.4 is 16.4 Å². The van der Waals surface area contributed by atoms with E-state index in [1.165, 1.54) is 0 Å². The summed E-state index contributed by atoms with van der Waals surface area (Å²) in [5.74, 6) is -0.259. The molecule has 33 heavy (non-hydrogen) atoms. The van der Waals surface area contributed by atoms with Crippen LogP contribution in [-0.2, 0) is 13.1 Å². The molecule has 0 atom stereocenters. The van der Waals surface area contributed by atoms with Crippen LogP contribution in [0.2, 0.25) is 0 Å². The minimum Gasteiger partial charge on any atom is -0.397 e. The number of aromatic nitrogens is 2. The molecular weight excluding hydrogens is 432 g/mol. The number of thiazole rings is 1. The van der Waals surface area contributed by atoms with Crippen molar-refractivity contribution in [3.63, 3.8) is 0 Å². The number of aryl methyl sites for hydroxylation is 1. The maximum atomic E-state index is 12.5. The molecule has 0 fully saturated rings. The highest BCUT2D eigenvalue weighted by molar-refractivity contribution is 7.09. The van der Waals surface area contributed by atoms with Gasteiger partial charge in [-0.05, 0) is 42.8 Å². The van der Waals surface area contributed by atoms with E-state index in [4.69, 9.17) is 5.73 Å². The van der Waals surface area contributed by atoms with Gasteiger partial charge in [-0.15, -0.1) is 11.3 Å². The number of anilines is 2. The van der Waals surface area contributed by atoms with Crippen molar-refractivity contribution in [3.8, 4) is 17.3 Å². The quantitative estimate of drug-likeness (QED) is 0.354. The molecule has 2 aromatic carbocycles. The standard InChI is InChI=1S/C25H22N6OS/c1-16-15-33-23(30-16)14-28-12-17-10-20(11-26)24(29-13-17)18-6-8-19(9-7-18)25(32)31-22-5-3-2-4-21(22)27/h2-10,13,15,28H,12,14,27H2,1H3,(H,31,32). The molecule has 0 radical (unpaired) electrons. The highest BCUT2D eigenvalue weighted by atomic mass is 32.1. The lowest BCUT2D eigenvalue weighted by molar-refractivity contribution is 0.102. The Labute approximate surface area is 196 Å². The lowest BCUT2D eigenvalue weighted by Gasteiger charge is -2.10. The lowest BCUT2D eigenvalue weighted by atomic mass is 10.0. The molecule has 0 unspecified atom stereocenters. The number of benzene rings is 2. The SMILES string of the molecule is Cc1csc(CNCc2cnc(-c3ccc(C(=O)Nc4ccccc4N)cc3)c(C#N)c2)n1. The third-order valence-electron chi connectivity index (χ3n) is 4.97. The molecule has 0 aliphatic carbocycles. The molecule has 0 saturated heterocycles. The van der Waals surface area contributed by atoms with E-state index in [1.54, 1.807) is 53.9 Å². The molecule has 0 aliphatic heterocycles. The molecule has 4 N–H and O–H groups in total. The van der Waals surface area contributed by atoms with Crippen LogP contribution in [0.25, 0.3) is 11.3 Å². The number of amides is 1. The Hall–Kier alpha value is -4.06. The first-order valence-corrected chi connectivity index (χ1v) is 11.2. The molecule has 2 heterocycles. The number of carbonyl (C=O) groups excluding carboxylic acids is 1. The minimum atomic E-state index is -0.259. The van der Waals surface area contributed by atoms with Crippen molar-refractivity contribution in [2.45, 2.75) is 20.0 Å². The molecular formula is C25H22N6OS. The maximum absolute atomic E-state index is 12.5. The van der Waals surface area contributed by atoms with Gasteiger partial charge in [0.1, 0.15) is 11.1 Å². The van der Waals surface area contributed by atoms with E-state index < -0.39 is 0 Å². The Bertz CT molecular complexity index is 1320. The molecule has 0 aliphatic rings. The summed E-state index contributed by atoms with van der Waals surface area (Å²) in [4.78, 5) is 21.5. The third kappa shape index (κ3) is 5.41. The van der Waals surface area contributed by atoms with Crippen LogP contribution in [0.1, 0.15) is 32.2 Å². The van der Waals surface area contributed by atoms with Gasteiger partial charge in [0.05, 0.1) is 22.6 Å². The molecule has 0 bridgehead atoms. The van der Waals surface area contributed by atoms with Crippen molar-refractivity contribution < 1.29 is 4.79 Å². The summed E-state index contributed by atoms with van der Waals surface area (Å²) in [5, 5.41) is 18.8. The first kappa shape index (κ1) is 22.1. The summed E-state index contributed by atoms with van der Waals surface area (Å²) >= 11 is 1.62. The average molecular weight is 455 g/mol. The zero-order chi connectivity index (χ0) is 23.2. The number of hydrogen-bond donors (Lipinski definition) is 3. The van der Waals surface area contributed by atoms with Gasteiger partial charge in [0.2, 0.25) is 0 Å².